The number of amides is 1. The summed E-state index contributed by atoms with van der Waals surface area (Å²) in [6.07, 6.45) is 1.30. The molecule has 0 aliphatic carbocycles. The minimum Gasteiger partial charge on any atom is -0.492 e. The average molecular weight is 329 g/mol. The second-order valence-corrected chi connectivity index (χ2v) is 4.79. The lowest BCUT2D eigenvalue weighted by atomic mass is 10.2. The molecule has 0 radical (unpaired) electrons. The van der Waals surface area contributed by atoms with Crippen molar-refractivity contribution in [2.24, 2.45) is 0 Å². The van der Waals surface area contributed by atoms with Crippen LogP contribution in [0.25, 0.3) is 0 Å². The SMILES string of the molecule is CCOc1cc(F)ccc1NC(=O)c1cnc(Cl)c(Cl)c1. The highest BCUT2D eigenvalue weighted by atomic mass is 35.5. The van der Waals surface area contributed by atoms with E-state index in [9.17, 15) is 9.18 Å². The number of aromatic nitrogens is 1. The number of anilines is 1. The van der Waals surface area contributed by atoms with E-state index in [2.05, 4.69) is 10.3 Å². The first-order valence-electron chi connectivity index (χ1n) is 6.06. The molecule has 0 unspecified atom stereocenters. The van der Waals surface area contributed by atoms with E-state index < -0.39 is 11.7 Å². The molecule has 0 saturated heterocycles. The van der Waals surface area contributed by atoms with Gasteiger partial charge in [-0.25, -0.2) is 9.37 Å². The molecule has 110 valence electrons. The molecule has 0 aliphatic heterocycles. The first-order chi connectivity index (χ1) is 10.0. The van der Waals surface area contributed by atoms with Gasteiger partial charge in [0.2, 0.25) is 0 Å². The molecule has 0 aliphatic rings. The van der Waals surface area contributed by atoms with Crippen molar-refractivity contribution in [1.82, 2.24) is 4.98 Å². The van der Waals surface area contributed by atoms with Crippen molar-refractivity contribution in [1.29, 1.82) is 0 Å². The van der Waals surface area contributed by atoms with Crippen molar-refractivity contribution >= 4 is 34.8 Å². The highest BCUT2D eigenvalue weighted by molar-refractivity contribution is 6.41. The van der Waals surface area contributed by atoms with Crippen LogP contribution in [-0.4, -0.2) is 17.5 Å². The standard InChI is InChI=1S/C14H11Cl2FN2O2/c1-2-21-12-6-9(17)3-4-11(12)19-14(20)8-5-10(15)13(16)18-7-8/h3-7H,2H2,1H3,(H,19,20). The molecule has 2 rings (SSSR count). The van der Waals surface area contributed by atoms with E-state index >= 15 is 0 Å². The number of carbonyl (C=O) groups excluding carboxylic acids is 1. The fourth-order valence-corrected chi connectivity index (χ4v) is 1.88. The van der Waals surface area contributed by atoms with Crippen LogP contribution in [0.2, 0.25) is 10.2 Å². The summed E-state index contributed by atoms with van der Waals surface area (Å²) in [7, 11) is 0. The largest absolute Gasteiger partial charge is 0.492 e. The van der Waals surface area contributed by atoms with Crippen molar-refractivity contribution in [2.75, 3.05) is 11.9 Å². The molecule has 1 N–H and O–H groups in total. The molecule has 1 heterocycles. The maximum Gasteiger partial charge on any atom is 0.257 e. The molecule has 0 saturated carbocycles. The normalized spacial score (nSPS) is 10.3. The van der Waals surface area contributed by atoms with Gasteiger partial charge in [-0.3, -0.25) is 4.79 Å². The topological polar surface area (TPSA) is 51.2 Å². The van der Waals surface area contributed by atoms with Gasteiger partial charge in [-0.1, -0.05) is 23.2 Å². The Morgan fingerprint density at radius 2 is 2.14 bits per heavy atom. The summed E-state index contributed by atoms with van der Waals surface area (Å²) in [6, 6.07) is 5.25. The maximum absolute atomic E-state index is 13.2. The Morgan fingerprint density at radius 1 is 1.38 bits per heavy atom. The molecular formula is C14H11Cl2FN2O2. The maximum atomic E-state index is 13.2. The van der Waals surface area contributed by atoms with Crippen LogP contribution < -0.4 is 10.1 Å². The van der Waals surface area contributed by atoms with E-state index in [-0.39, 0.29) is 21.5 Å². The van der Waals surface area contributed by atoms with Gasteiger partial charge in [0.1, 0.15) is 16.7 Å². The quantitative estimate of drug-likeness (QED) is 0.856. The Morgan fingerprint density at radius 3 is 2.81 bits per heavy atom. The van der Waals surface area contributed by atoms with E-state index in [0.717, 1.165) is 0 Å². The zero-order valence-corrected chi connectivity index (χ0v) is 12.5. The second-order valence-electron chi connectivity index (χ2n) is 4.02. The summed E-state index contributed by atoms with van der Waals surface area (Å²) in [6.45, 7) is 2.11. The summed E-state index contributed by atoms with van der Waals surface area (Å²) < 4.78 is 18.5. The van der Waals surface area contributed by atoms with Crippen molar-refractivity contribution in [3.63, 3.8) is 0 Å². The predicted molar refractivity (Wildman–Crippen MR) is 79.8 cm³/mol. The molecule has 0 bridgehead atoms. The number of ether oxygens (including phenoxy) is 1. The van der Waals surface area contributed by atoms with Crippen molar-refractivity contribution in [2.45, 2.75) is 6.92 Å². The van der Waals surface area contributed by atoms with E-state index in [1.807, 2.05) is 0 Å². The zero-order valence-electron chi connectivity index (χ0n) is 11.0. The Balaban J connectivity index is 2.24. The van der Waals surface area contributed by atoms with Crippen LogP contribution in [0.4, 0.5) is 10.1 Å². The van der Waals surface area contributed by atoms with E-state index in [1.165, 1.54) is 30.5 Å². The molecule has 4 nitrogen and oxygen atoms in total. The van der Waals surface area contributed by atoms with Crippen LogP contribution in [0.1, 0.15) is 17.3 Å². The zero-order chi connectivity index (χ0) is 15.4. The van der Waals surface area contributed by atoms with Gasteiger partial charge >= 0.3 is 0 Å². The van der Waals surface area contributed by atoms with Gasteiger partial charge in [0.15, 0.2) is 0 Å². The summed E-state index contributed by atoms with van der Waals surface area (Å²) in [4.78, 5) is 15.9. The number of rotatable bonds is 4. The molecule has 1 aromatic carbocycles. The molecular weight excluding hydrogens is 318 g/mol. The van der Waals surface area contributed by atoms with Gasteiger partial charge in [-0.2, -0.15) is 0 Å². The van der Waals surface area contributed by atoms with Crippen LogP contribution in [0.3, 0.4) is 0 Å². The summed E-state index contributed by atoms with van der Waals surface area (Å²) in [5.41, 5.74) is 0.588. The van der Waals surface area contributed by atoms with Crippen LogP contribution in [-0.2, 0) is 0 Å². The number of hydrogen-bond acceptors (Lipinski definition) is 3. The van der Waals surface area contributed by atoms with Crippen LogP contribution >= 0.6 is 23.2 Å². The van der Waals surface area contributed by atoms with Gasteiger partial charge in [-0.05, 0) is 25.1 Å². The van der Waals surface area contributed by atoms with Crippen LogP contribution in [0.15, 0.2) is 30.5 Å². The third kappa shape index (κ3) is 3.83. The fraction of sp³-hybridized carbons (Fsp3) is 0.143. The molecule has 1 amide bonds. The first kappa shape index (κ1) is 15.5. The highest BCUT2D eigenvalue weighted by Crippen LogP contribution is 2.26. The molecule has 21 heavy (non-hydrogen) atoms. The van der Waals surface area contributed by atoms with Crippen molar-refractivity contribution in [3.05, 3.63) is 52.0 Å². The number of pyridine rings is 1. The number of hydrogen-bond donors (Lipinski definition) is 1. The van der Waals surface area contributed by atoms with Crippen molar-refractivity contribution in [3.8, 4) is 5.75 Å². The molecule has 1 aromatic heterocycles. The van der Waals surface area contributed by atoms with E-state index in [4.69, 9.17) is 27.9 Å². The minimum atomic E-state index is -0.451. The monoisotopic (exact) mass is 328 g/mol. The molecule has 0 atom stereocenters. The second kappa shape index (κ2) is 6.74. The van der Waals surface area contributed by atoms with Gasteiger partial charge in [0.05, 0.1) is 22.9 Å². The number of carbonyl (C=O) groups is 1. The third-order valence-corrected chi connectivity index (χ3v) is 3.24. The van der Waals surface area contributed by atoms with Gasteiger partial charge < -0.3 is 10.1 Å². The van der Waals surface area contributed by atoms with E-state index in [0.29, 0.717) is 12.3 Å². The smallest absolute Gasteiger partial charge is 0.257 e. The molecule has 2 aromatic rings. The average Bonchev–Trinajstić information content (AvgIpc) is 2.45. The highest BCUT2D eigenvalue weighted by Gasteiger charge is 2.13. The summed E-state index contributed by atoms with van der Waals surface area (Å²) >= 11 is 11.5. The Kier molecular flexibility index (Phi) is 4.98. The molecule has 0 fully saturated rings. The van der Waals surface area contributed by atoms with Gasteiger partial charge in [0, 0.05) is 12.3 Å². The number of nitrogens with one attached hydrogen (secondary N) is 1. The summed E-state index contributed by atoms with van der Waals surface area (Å²) in [5, 5.41) is 2.90. The predicted octanol–water partition coefficient (Wildman–Crippen LogP) is 4.18. The van der Waals surface area contributed by atoms with E-state index in [1.54, 1.807) is 6.92 Å². The minimum absolute atomic E-state index is 0.116. The van der Waals surface area contributed by atoms with Crippen LogP contribution in [0.5, 0.6) is 5.75 Å². The lowest BCUT2D eigenvalue weighted by Crippen LogP contribution is -2.13. The van der Waals surface area contributed by atoms with Crippen LogP contribution in [0, 0.1) is 5.82 Å². The summed E-state index contributed by atoms with van der Waals surface area (Å²) in [5.74, 6) is -0.653. The Labute approximate surface area is 130 Å². The lowest BCUT2D eigenvalue weighted by Gasteiger charge is -2.11. The lowest BCUT2D eigenvalue weighted by molar-refractivity contribution is 0.102. The van der Waals surface area contributed by atoms with Gasteiger partial charge in [0.25, 0.3) is 5.91 Å². The van der Waals surface area contributed by atoms with Crippen molar-refractivity contribution < 1.29 is 13.9 Å². The van der Waals surface area contributed by atoms with Gasteiger partial charge in [-0.15, -0.1) is 0 Å². The fourth-order valence-electron chi connectivity index (χ4n) is 1.61. The first-order valence-corrected chi connectivity index (χ1v) is 6.81. The number of nitrogens with zero attached hydrogens (tertiary/aromatic N) is 1. The third-order valence-electron chi connectivity index (χ3n) is 2.55. The molecule has 7 heteroatoms. The Hall–Kier alpha value is -1.85. The number of halogens is 3. The Bertz CT molecular complexity index is 680. The number of benzene rings is 1. The molecule has 0 spiro atoms.